The van der Waals surface area contributed by atoms with Crippen LogP contribution in [0.1, 0.15) is 12.5 Å². The molecule has 3 heteroatoms. The number of nitrogens with two attached hydrogens (primary N) is 1. The van der Waals surface area contributed by atoms with Gasteiger partial charge in [0.05, 0.1) is 5.69 Å². The van der Waals surface area contributed by atoms with Gasteiger partial charge in [0.15, 0.2) is 0 Å². The fraction of sp³-hybridized carbons (Fsp3) is 0.357. The van der Waals surface area contributed by atoms with Crippen LogP contribution in [0.3, 0.4) is 0 Å². The van der Waals surface area contributed by atoms with Crippen molar-refractivity contribution in [1.29, 1.82) is 0 Å². The first-order valence-corrected chi connectivity index (χ1v) is 6.85. The molecule has 2 unspecified atom stereocenters. The number of aryl methyl sites for hydroxylation is 1. The fourth-order valence-electron chi connectivity index (χ4n) is 1.85. The van der Waals surface area contributed by atoms with Gasteiger partial charge in [-0.2, -0.15) is 0 Å². The van der Waals surface area contributed by atoms with Crippen molar-refractivity contribution >= 4 is 17.4 Å². The average molecular weight is 246 g/mol. The zero-order valence-electron chi connectivity index (χ0n) is 10.3. The summed E-state index contributed by atoms with van der Waals surface area (Å²) in [7, 11) is 0. The molecular formula is C14H18N2S. The van der Waals surface area contributed by atoms with Crippen molar-refractivity contribution in [2.75, 3.05) is 11.5 Å². The van der Waals surface area contributed by atoms with Crippen molar-refractivity contribution in [3.8, 4) is 0 Å². The molecule has 2 rings (SSSR count). The lowest BCUT2D eigenvalue weighted by Gasteiger charge is -2.19. The second-order valence-corrected chi connectivity index (χ2v) is 5.52. The highest BCUT2D eigenvalue weighted by molar-refractivity contribution is 7.99. The summed E-state index contributed by atoms with van der Waals surface area (Å²) in [6, 6.07) is 1.98. The van der Waals surface area contributed by atoms with Crippen LogP contribution in [0, 0.1) is 18.8 Å². The summed E-state index contributed by atoms with van der Waals surface area (Å²) in [5, 5.41) is 0.950. The maximum absolute atomic E-state index is 5.96. The van der Waals surface area contributed by atoms with E-state index < -0.39 is 0 Å². The molecule has 0 saturated carbocycles. The highest BCUT2D eigenvalue weighted by Gasteiger charge is 2.15. The highest BCUT2D eigenvalue weighted by Crippen LogP contribution is 2.29. The number of nitrogen functional groups attached to an aromatic ring is 1. The van der Waals surface area contributed by atoms with Crippen LogP contribution in [0.4, 0.5) is 5.69 Å². The SMILES string of the molecule is Cc1cnc(SCC2C=CC=CC2C)c(N)c1. The minimum Gasteiger partial charge on any atom is -0.397 e. The summed E-state index contributed by atoms with van der Waals surface area (Å²) in [5.41, 5.74) is 7.86. The van der Waals surface area contributed by atoms with Crippen LogP contribution in [0.25, 0.3) is 0 Å². The van der Waals surface area contributed by atoms with Crippen LogP contribution in [-0.4, -0.2) is 10.7 Å². The van der Waals surface area contributed by atoms with Gasteiger partial charge in [-0.15, -0.1) is 11.8 Å². The summed E-state index contributed by atoms with van der Waals surface area (Å²) in [6.45, 7) is 4.26. The number of rotatable bonds is 3. The monoisotopic (exact) mass is 246 g/mol. The first-order valence-electron chi connectivity index (χ1n) is 5.86. The van der Waals surface area contributed by atoms with E-state index in [4.69, 9.17) is 5.73 Å². The Morgan fingerprint density at radius 1 is 1.35 bits per heavy atom. The summed E-state index contributed by atoms with van der Waals surface area (Å²) < 4.78 is 0. The molecule has 0 saturated heterocycles. The Kier molecular flexibility index (Phi) is 3.89. The van der Waals surface area contributed by atoms with Crippen molar-refractivity contribution in [3.63, 3.8) is 0 Å². The minimum atomic E-state index is 0.576. The fourth-order valence-corrected chi connectivity index (χ4v) is 2.96. The number of anilines is 1. The first kappa shape index (κ1) is 12.2. The summed E-state index contributed by atoms with van der Waals surface area (Å²) >= 11 is 1.74. The van der Waals surface area contributed by atoms with Crippen LogP contribution in [0.5, 0.6) is 0 Å². The van der Waals surface area contributed by atoms with Gasteiger partial charge in [-0.3, -0.25) is 0 Å². The number of hydrogen-bond acceptors (Lipinski definition) is 3. The maximum atomic E-state index is 5.96. The molecule has 1 aromatic heterocycles. The van der Waals surface area contributed by atoms with Gasteiger partial charge in [0, 0.05) is 11.9 Å². The van der Waals surface area contributed by atoms with E-state index in [-0.39, 0.29) is 0 Å². The number of pyridine rings is 1. The molecule has 1 aromatic rings. The molecule has 0 fully saturated rings. The third kappa shape index (κ3) is 3.13. The Hall–Kier alpha value is -1.22. The molecular weight excluding hydrogens is 228 g/mol. The van der Waals surface area contributed by atoms with Gasteiger partial charge in [-0.05, 0) is 30.4 Å². The van der Waals surface area contributed by atoms with E-state index in [0.717, 1.165) is 22.0 Å². The Bertz CT molecular complexity index is 452. The lowest BCUT2D eigenvalue weighted by atomic mass is 9.92. The van der Waals surface area contributed by atoms with E-state index in [1.165, 1.54) is 0 Å². The Labute approximate surface area is 107 Å². The van der Waals surface area contributed by atoms with Crippen molar-refractivity contribution < 1.29 is 0 Å². The molecule has 90 valence electrons. The number of allylic oxidation sites excluding steroid dienone is 4. The second kappa shape index (κ2) is 5.41. The van der Waals surface area contributed by atoms with E-state index in [1.54, 1.807) is 11.8 Å². The van der Waals surface area contributed by atoms with E-state index in [9.17, 15) is 0 Å². The van der Waals surface area contributed by atoms with Crippen LogP contribution in [0.2, 0.25) is 0 Å². The number of aromatic nitrogens is 1. The van der Waals surface area contributed by atoms with Crippen LogP contribution in [-0.2, 0) is 0 Å². The summed E-state index contributed by atoms with van der Waals surface area (Å²) in [4.78, 5) is 4.38. The molecule has 0 spiro atoms. The molecule has 0 aromatic carbocycles. The lowest BCUT2D eigenvalue weighted by Crippen LogP contribution is -2.12. The molecule has 17 heavy (non-hydrogen) atoms. The number of hydrogen-bond donors (Lipinski definition) is 1. The van der Waals surface area contributed by atoms with E-state index in [2.05, 4.69) is 36.2 Å². The van der Waals surface area contributed by atoms with Gasteiger partial charge in [0.25, 0.3) is 0 Å². The van der Waals surface area contributed by atoms with Crippen molar-refractivity contribution in [1.82, 2.24) is 4.98 Å². The highest BCUT2D eigenvalue weighted by atomic mass is 32.2. The topological polar surface area (TPSA) is 38.9 Å². The first-order chi connectivity index (χ1) is 8.16. The van der Waals surface area contributed by atoms with Crippen LogP contribution >= 0.6 is 11.8 Å². The Morgan fingerprint density at radius 2 is 2.12 bits per heavy atom. The lowest BCUT2D eigenvalue weighted by molar-refractivity contribution is 0.560. The predicted molar refractivity (Wildman–Crippen MR) is 75.0 cm³/mol. The summed E-state index contributed by atoms with van der Waals surface area (Å²) in [6.07, 6.45) is 10.6. The largest absolute Gasteiger partial charge is 0.397 e. The molecule has 1 aliphatic rings. The Balaban J connectivity index is 1.98. The van der Waals surface area contributed by atoms with E-state index in [1.807, 2.05) is 19.2 Å². The standard InChI is InChI=1S/C14H18N2S/c1-10-7-13(15)14(16-8-10)17-9-12-6-4-3-5-11(12)2/h3-8,11-12H,9,15H2,1-2H3. The molecule has 2 atom stereocenters. The molecule has 0 aliphatic heterocycles. The predicted octanol–water partition coefficient (Wildman–Crippen LogP) is 3.44. The van der Waals surface area contributed by atoms with E-state index >= 15 is 0 Å². The van der Waals surface area contributed by atoms with Crippen LogP contribution < -0.4 is 5.73 Å². The molecule has 1 heterocycles. The van der Waals surface area contributed by atoms with Crippen molar-refractivity contribution in [2.24, 2.45) is 11.8 Å². The number of nitrogens with zero attached hydrogens (tertiary/aromatic N) is 1. The smallest absolute Gasteiger partial charge is 0.119 e. The van der Waals surface area contributed by atoms with Crippen molar-refractivity contribution in [2.45, 2.75) is 18.9 Å². The minimum absolute atomic E-state index is 0.576. The Morgan fingerprint density at radius 3 is 2.82 bits per heavy atom. The maximum Gasteiger partial charge on any atom is 0.119 e. The zero-order valence-corrected chi connectivity index (χ0v) is 11.1. The van der Waals surface area contributed by atoms with E-state index in [0.29, 0.717) is 11.8 Å². The van der Waals surface area contributed by atoms with Crippen LogP contribution in [0.15, 0.2) is 41.6 Å². The normalized spacial score (nSPS) is 22.9. The molecule has 2 N–H and O–H groups in total. The molecule has 0 radical (unpaired) electrons. The zero-order chi connectivity index (χ0) is 12.3. The van der Waals surface area contributed by atoms with Gasteiger partial charge in [0.1, 0.15) is 5.03 Å². The third-order valence-corrected chi connectivity index (χ3v) is 4.15. The third-order valence-electron chi connectivity index (χ3n) is 2.99. The molecule has 0 bridgehead atoms. The molecule has 0 amide bonds. The average Bonchev–Trinajstić information content (AvgIpc) is 2.30. The molecule has 2 nitrogen and oxygen atoms in total. The van der Waals surface area contributed by atoms with Crippen molar-refractivity contribution in [3.05, 3.63) is 42.1 Å². The van der Waals surface area contributed by atoms with Gasteiger partial charge in [-0.1, -0.05) is 31.2 Å². The quantitative estimate of drug-likeness (QED) is 0.830. The van der Waals surface area contributed by atoms with Gasteiger partial charge >= 0.3 is 0 Å². The second-order valence-electron chi connectivity index (χ2n) is 4.51. The van der Waals surface area contributed by atoms with Gasteiger partial charge in [-0.25, -0.2) is 4.98 Å². The van der Waals surface area contributed by atoms with Gasteiger partial charge < -0.3 is 5.73 Å². The summed E-state index contributed by atoms with van der Waals surface area (Å²) in [5.74, 6) is 2.20. The molecule has 1 aliphatic carbocycles. The number of thioether (sulfide) groups is 1. The van der Waals surface area contributed by atoms with Gasteiger partial charge in [0.2, 0.25) is 0 Å².